The number of H-pyrrole nitrogens is 1. The van der Waals surface area contributed by atoms with Crippen molar-refractivity contribution >= 4 is 10.9 Å². The van der Waals surface area contributed by atoms with Gasteiger partial charge in [-0.05, 0) is 57.0 Å². The number of aromatic amines is 1. The maximum absolute atomic E-state index is 5.49. The first-order valence-electron chi connectivity index (χ1n) is 7.09. The molecule has 19 heavy (non-hydrogen) atoms. The zero-order chi connectivity index (χ0) is 13.4. The van der Waals surface area contributed by atoms with Crippen molar-refractivity contribution in [3.63, 3.8) is 0 Å². The largest absolute Gasteiger partial charge is 0.495 e. The highest BCUT2D eigenvalue weighted by molar-refractivity contribution is 5.92. The van der Waals surface area contributed by atoms with Crippen LogP contribution in [0.2, 0.25) is 0 Å². The summed E-state index contributed by atoms with van der Waals surface area (Å²) in [5.74, 6) is 1.60. The third-order valence-electron chi connectivity index (χ3n) is 4.38. The Morgan fingerprint density at radius 2 is 1.89 bits per heavy atom. The number of methoxy groups -OCH3 is 1. The first-order chi connectivity index (χ1) is 9.22. The highest BCUT2D eigenvalue weighted by atomic mass is 16.5. The molecule has 0 spiro atoms. The van der Waals surface area contributed by atoms with Gasteiger partial charge in [0, 0.05) is 17.0 Å². The third-order valence-corrected chi connectivity index (χ3v) is 4.38. The van der Waals surface area contributed by atoms with E-state index in [9.17, 15) is 0 Å². The zero-order valence-corrected chi connectivity index (χ0v) is 12.0. The summed E-state index contributed by atoms with van der Waals surface area (Å²) in [5, 5.41) is 4.77. The second kappa shape index (κ2) is 4.89. The van der Waals surface area contributed by atoms with Gasteiger partial charge in [0.25, 0.3) is 0 Å². The Morgan fingerprint density at radius 3 is 2.58 bits per heavy atom. The van der Waals surface area contributed by atoms with Crippen molar-refractivity contribution in [2.75, 3.05) is 20.2 Å². The van der Waals surface area contributed by atoms with E-state index in [-0.39, 0.29) is 0 Å². The van der Waals surface area contributed by atoms with Crippen LogP contribution in [-0.2, 0) is 0 Å². The van der Waals surface area contributed by atoms with E-state index < -0.39 is 0 Å². The summed E-state index contributed by atoms with van der Waals surface area (Å²) in [6.45, 7) is 6.66. The van der Waals surface area contributed by atoms with Crippen molar-refractivity contribution in [3.8, 4) is 5.75 Å². The topological polar surface area (TPSA) is 37.0 Å². The van der Waals surface area contributed by atoms with Crippen molar-refractivity contribution in [2.24, 2.45) is 0 Å². The van der Waals surface area contributed by atoms with Crippen LogP contribution in [-0.4, -0.2) is 25.2 Å². The molecular weight excluding hydrogens is 236 g/mol. The molecule has 0 bridgehead atoms. The molecule has 2 N–H and O–H groups in total. The van der Waals surface area contributed by atoms with Crippen molar-refractivity contribution < 1.29 is 4.74 Å². The van der Waals surface area contributed by atoms with Crippen molar-refractivity contribution in [1.29, 1.82) is 0 Å². The molecule has 102 valence electrons. The summed E-state index contributed by atoms with van der Waals surface area (Å²) >= 11 is 0. The number of piperidine rings is 1. The predicted molar refractivity (Wildman–Crippen MR) is 79.2 cm³/mol. The number of aromatic nitrogens is 1. The van der Waals surface area contributed by atoms with Gasteiger partial charge in [-0.25, -0.2) is 0 Å². The van der Waals surface area contributed by atoms with Crippen LogP contribution in [0, 0.1) is 13.8 Å². The first-order valence-corrected chi connectivity index (χ1v) is 7.09. The molecule has 0 amide bonds. The Kier molecular flexibility index (Phi) is 3.23. The lowest BCUT2D eigenvalue weighted by molar-refractivity contribution is 0.418. The minimum absolute atomic E-state index is 0.651. The van der Waals surface area contributed by atoms with E-state index in [0.717, 1.165) is 24.4 Å². The Morgan fingerprint density at radius 1 is 1.16 bits per heavy atom. The molecule has 3 nitrogen and oxygen atoms in total. The zero-order valence-electron chi connectivity index (χ0n) is 12.0. The van der Waals surface area contributed by atoms with Crippen LogP contribution >= 0.6 is 0 Å². The van der Waals surface area contributed by atoms with E-state index in [2.05, 4.69) is 36.3 Å². The Bertz CT molecular complexity index is 594. The van der Waals surface area contributed by atoms with Gasteiger partial charge >= 0.3 is 0 Å². The second-order valence-electron chi connectivity index (χ2n) is 5.52. The molecule has 0 radical (unpaired) electrons. The maximum Gasteiger partial charge on any atom is 0.142 e. The van der Waals surface area contributed by atoms with Crippen LogP contribution in [0.4, 0.5) is 0 Å². The standard InChI is InChI=1S/C16H22N2O/c1-10-4-5-13(19-3)16-14(10)11(2)15(18-16)12-6-8-17-9-7-12/h4-5,12,17-18H,6-9H2,1-3H3. The fraction of sp³-hybridized carbons (Fsp3) is 0.500. The van der Waals surface area contributed by atoms with Gasteiger partial charge < -0.3 is 15.0 Å². The van der Waals surface area contributed by atoms with E-state index in [1.165, 1.54) is 35.0 Å². The summed E-state index contributed by atoms with van der Waals surface area (Å²) in [6.07, 6.45) is 2.43. The van der Waals surface area contributed by atoms with Gasteiger partial charge in [-0.1, -0.05) is 6.07 Å². The molecule has 1 aliphatic rings. The molecule has 0 saturated carbocycles. The van der Waals surface area contributed by atoms with E-state index in [1.54, 1.807) is 7.11 Å². The van der Waals surface area contributed by atoms with Crippen molar-refractivity contribution in [1.82, 2.24) is 10.3 Å². The van der Waals surface area contributed by atoms with E-state index in [4.69, 9.17) is 4.74 Å². The minimum Gasteiger partial charge on any atom is -0.495 e. The first kappa shape index (κ1) is 12.5. The molecule has 1 aliphatic heterocycles. The van der Waals surface area contributed by atoms with Crippen LogP contribution in [0.3, 0.4) is 0 Å². The number of ether oxygens (including phenoxy) is 1. The summed E-state index contributed by atoms with van der Waals surface area (Å²) in [6, 6.07) is 4.20. The summed E-state index contributed by atoms with van der Waals surface area (Å²) in [7, 11) is 1.74. The predicted octanol–water partition coefficient (Wildman–Crippen LogP) is 3.26. The fourth-order valence-electron chi connectivity index (χ4n) is 3.35. The average molecular weight is 258 g/mol. The maximum atomic E-state index is 5.49. The summed E-state index contributed by atoms with van der Waals surface area (Å²) in [5.41, 5.74) is 5.29. The van der Waals surface area contributed by atoms with Gasteiger partial charge in [-0.15, -0.1) is 0 Å². The highest BCUT2D eigenvalue weighted by Crippen LogP contribution is 2.36. The van der Waals surface area contributed by atoms with Crippen LogP contribution in [0.15, 0.2) is 12.1 Å². The number of hydrogen-bond donors (Lipinski definition) is 2. The molecule has 1 aromatic carbocycles. The van der Waals surface area contributed by atoms with Gasteiger partial charge in [0.05, 0.1) is 12.6 Å². The molecule has 0 unspecified atom stereocenters. The molecule has 3 heteroatoms. The van der Waals surface area contributed by atoms with Crippen LogP contribution < -0.4 is 10.1 Å². The van der Waals surface area contributed by atoms with E-state index in [0.29, 0.717) is 5.92 Å². The lowest BCUT2D eigenvalue weighted by Crippen LogP contribution is -2.27. The normalized spacial score (nSPS) is 17.0. The number of rotatable bonds is 2. The van der Waals surface area contributed by atoms with Crippen molar-refractivity contribution in [2.45, 2.75) is 32.6 Å². The van der Waals surface area contributed by atoms with Gasteiger partial charge in [-0.3, -0.25) is 0 Å². The number of fused-ring (bicyclic) bond motifs is 1. The lowest BCUT2D eigenvalue weighted by atomic mass is 9.92. The second-order valence-corrected chi connectivity index (χ2v) is 5.52. The highest BCUT2D eigenvalue weighted by Gasteiger charge is 2.21. The molecule has 0 aliphatic carbocycles. The Hall–Kier alpha value is -1.48. The third kappa shape index (κ3) is 2.02. The van der Waals surface area contributed by atoms with Gasteiger partial charge in [0.15, 0.2) is 0 Å². The number of nitrogens with one attached hydrogen (secondary N) is 2. The molecule has 2 aromatic rings. The van der Waals surface area contributed by atoms with Gasteiger partial charge in [0.2, 0.25) is 0 Å². The van der Waals surface area contributed by atoms with E-state index in [1.807, 2.05) is 0 Å². The smallest absolute Gasteiger partial charge is 0.142 e. The molecule has 3 rings (SSSR count). The van der Waals surface area contributed by atoms with Crippen molar-refractivity contribution in [3.05, 3.63) is 29.0 Å². The number of aryl methyl sites for hydroxylation is 2. The fourth-order valence-corrected chi connectivity index (χ4v) is 3.35. The molecule has 1 fully saturated rings. The quantitative estimate of drug-likeness (QED) is 0.867. The molecule has 1 aromatic heterocycles. The van der Waals surface area contributed by atoms with Gasteiger partial charge in [0.1, 0.15) is 5.75 Å². The minimum atomic E-state index is 0.651. The molecular formula is C16H22N2O. The molecule has 2 heterocycles. The van der Waals surface area contributed by atoms with Crippen LogP contribution in [0.25, 0.3) is 10.9 Å². The van der Waals surface area contributed by atoms with Gasteiger partial charge in [-0.2, -0.15) is 0 Å². The Balaban J connectivity index is 2.16. The van der Waals surface area contributed by atoms with Crippen LogP contribution in [0.1, 0.15) is 35.6 Å². The monoisotopic (exact) mass is 258 g/mol. The summed E-state index contributed by atoms with van der Waals surface area (Å²) in [4.78, 5) is 3.64. The molecule has 1 saturated heterocycles. The van der Waals surface area contributed by atoms with Crippen LogP contribution in [0.5, 0.6) is 5.75 Å². The number of benzene rings is 1. The number of hydrogen-bond acceptors (Lipinski definition) is 2. The average Bonchev–Trinajstić information content (AvgIpc) is 2.79. The van der Waals surface area contributed by atoms with E-state index >= 15 is 0 Å². The SMILES string of the molecule is COc1ccc(C)c2c(C)c(C3CCNCC3)[nH]c12. The summed E-state index contributed by atoms with van der Waals surface area (Å²) < 4.78 is 5.49. The Labute approximate surface area is 114 Å². The molecule has 0 atom stereocenters. The lowest BCUT2D eigenvalue weighted by Gasteiger charge is -2.22.